The van der Waals surface area contributed by atoms with Gasteiger partial charge >= 0.3 is 0 Å². The predicted molar refractivity (Wildman–Crippen MR) is 65.1 cm³/mol. The van der Waals surface area contributed by atoms with Gasteiger partial charge in [0.1, 0.15) is 12.4 Å². The standard InChI is InChI=1S/C10H16N4OS/c1-8-7-16-5-4-14(8)10(15)6-13-3-2-9(11)12-13/h2-3,8H,4-7H2,1H3,(H2,11,12). The molecule has 0 spiro atoms. The van der Waals surface area contributed by atoms with Crippen LogP contribution in [0, 0.1) is 0 Å². The van der Waals surface area contributed by atoms with Crippen molar-refractivity contribution in [2.24, 2.45) is 0 Å². The van der Waals surface area contributed by atoms with Crippen molar-refractivity contribution in [3.63, 3.8) is 0 Å². The van der Waals surface area contributed by atoms with Gasteiger partial charge in [0.2, 0.25) is 5.91 Å². The zero-order chi connectivity index (χ0) is 11.5. The highest BCUT2D eigenvalue weighted by molar-refractivity contribution is 7.99. The Morgan fingerprint density at radius 2 is 2.56 bits per heavy atom. The van der Waals surface area contributed by atoms with Crippen molar-refractivity contribution in [3.8, 4) is 0 Å². The van der Waals surface area contributed by atoms with Gasteiger partial charge in [-0.25, -0.2) is 0 Å². The lowest BCUT2D eigenvalue weighted by Gasteiger charge is -2.33. The van der Waals surface area contributed by atoms with E-state index in [9.17, 15) is 4.79 Å². The number of hydrogen-bond donors (Lipinski definition) is 1. The maximum absolute atomic E-state index is 12.0. The number of carbonyl (C=O) groups is 1. The fourth-order valence-corrected chi connectivity index (χ4v) is 2.81. The van der Waals surface area contributed by atoms with Gasteiger partial charge in [-0.1, -0.05) is 0 Å². The fourth-order valence-electron chi connectivity index (χ4n) is 1.79. The largest absolute Gasteiger partial charge is 0.382 e. The lowest BCUT2D eigenvalue weighted by Crippen LogP contribution is -2.45. The topological polar surface area (TPSA) is 64.2 Å². The van der Waals surface area contributed by atoms with Crippen LogP contribution in [0.3, 0.4) is 0 Å². The number of nitrogen functional groups attached to an aromatic ring is 1. The Labute approximate surface area is 99.0 Å². The summed E-state index contributed by atoms with van der Waals surface area (Å²) in [5.41, 5.74) is 5.50. The third kappa shape index (κ3) is 2.49. The van der Waals surface area contributed by atoms with Crippen LogP contribution in [-0.4, -0.2) is 44.7 Å². The highest BCUT2D eigenvalue weighted by Crippen LogP contribution is 2.16. The Balaban J connectivity index is 1.96. The van der Waals surface area contributed by atoms with E-state index in [1.54, 1.807) is 16.9 Å². The van der Waals surface area contributed by atoms with Crippen LogP contribution in [0.1, 0.15) is 6.92 Å². The molecule has 6 heteroatoms. The number of nitrogens with two attached hydrogens (primary N) is 1. The molecular weight excluding hydrogens is 224 g/mol. The molecule has 1 aromatic rings. The second-order valence-corrected chi connectivity index (χ2v) is 5.10. The summed E-state index contributed by atoms with van der Waals surface area (Å²) in [5.74, 6) is 2.62. The molecule has 1 atom stereocenters. The summed E-state index contributed by atoms with van der Waals surface area (Å²) in [6, 6.07) is 2.02. The molecule has 1 aromatic heterocycles. The Morgan fingerprint density at radius 1 is 1.75 bits per heavy atom. The van der Waals surface area contributed by atoms with E-state index in [0.717, 1.165) is 18.1 Å². The highest BCUT2D eigenvalue weighted by atomic mass is 32.2. The molecule has 2 rings (SSSR count). The molecule has 1 aliphatic rings. The minimum Gasteiger partial charge on any atom is -0.382 e. The minimum atomic E-state index is 0.121. The zero-order valence-electron chi connectivity index (χ0n) is 9.30. The zero-order valence-corrected chi connectivity index (χ0v) is 10.1. The Morgan fingerprint density at radius 3 is 3.19 bits per heavy atom. The number of amides is 1. The maximum atomic E-state index is 12.0. The summed E-state index contributed by atoms with van der Waals surface area (Å²) in [6.07, 6.45) is 1.73. The van der Waals surface area contributed by atoms with E-state index in [4.69, 9.17) is 5.73 Å². The SMILES string of the molecule is CC1CSCCN1C(=O)Cn1ccc(N)n1. The molecule has 0 bridgehead atoms. The van der Waals surface area contributed by atoms with Gasteiger partial charge in [-0.3, -0.25) is 9.48 Å². The Kier molecular flexibility index (Phi) is 3.38. The quantitative estimate of drug-likeness (QED) is 0.814. The second-order valence-electron chi connectivity index (χ2n) is 3.95. The molecule has 0 saturated carbocycles. The number of thioether (sulfide) groups is 1. The molecule has 0 radical (unpaired) electrons. The molecule has 1 aliphatic heterocycles. The van der Waals surface area contributed by atoms with E-state index in [1.165, 1.54) is 0 Å². The van der Waals surface area contributed by atoms with Gasteiger partial charge in [0.15, 0.2) is 0 Å². The van der Waals surface area contributed by atoms with Crippen LogP contribution in [0.4, 0.5) is 5.82 Å². The van der Waals surface area contributed by atoms with Gasteiger partial charge < -0.3 is 10.6 Å². The van der Waals surface area contributed by atoms with Gasteiger partial charge in [-0.15, -0.1) is 0 Å². The third-order valence-corrected chi connectivity index (χ3v) is 3.84. The fraction of sp³-hybridized carbons (Fsp3) is 0.600. The maximum Gasteiger partial charge on any atom is 0.244 e. The number of nitrogens with zero attached hydrogens (tertiary/aromatic N) is 3. The minimum absolute atomic E-state index is 0.121. The molecule has 1 amide bonds. The average Bonchev–Trinajstić information content (AvgIpc) is 2.64. The van der Waals surface area contributed by atoms with Gasteiger partial charge in [0.25, 0.3) is 0 Å². The summed E-state index contributed by atoms with van der Waals surface area (Å²) in [4.78, 5) is 13.9. The summed E-state index contributed by atoms with van der Waals surface area (Å²) in [6.45, 7) is 3.20. The molecule has 0 aromatic carbocycles. The summed E-state index contributed by atoms with van der Waals surface area (Å²) in [5, 5.41) is 4.01. The van der Waals surface area contributed by atoms with Crippen LogP contribution in [-0.2, 0) is 11.3 Å². The molecule has 1 saturated heterocycles. The third-order valence-electron chi connectivity index (χ3n) is 2.65. The molecule has 5 nitrogen and oxygen atoms in total. The average molecular weight is 240 g/mol. The Bertz CT molecular complexity index is 379. The van der Waals surface area contributed by atoms with E-state index in [1.807, 2.05) is 16.7 Å². The number of hydrogen-bond acceptors (Lipinski definition) is 4. The van der Waals surface area contributed by atoms with Crippen molar-refractivity contribution in [2.45, 2.75) is 19.5 Å². The number of aromatic nitrogens is 2. The smallest absolute Gasteiger partial charge is 0.244 e. The number of carbonyl (C=O) groups excluding carboxylic acids is 1. The molecular formula is C10H16N4OS. The van der Waals surface area contributed by atoms with Crippen molar-refractivity contribution in [3.05, 3.63) is 12.3 Å². The number of rotatable bonds is 2. The van der Waals surface area contributed by atoms with Gasteiger partial charge in [0.05, 0.1) is 0 Å². The molecule has 2 heterocycles. The molecule has 2 N–H and O–H groups in total. The summed E-state index contributed by atoms with van der Waals surface area (Å²) < 4.78 is 1.59. The molecule has 1 fully saturated rings. The molecule has 1 unspecified atom stereocenters. The van der Waals surface area contributed by atoms with E-state index in [-0.39, 0.29) is 12.5 Å². The highest BCUT2D eigenvalue weighted by Gasteiger charge is 2.23. The predicted octanol–water partition coefficient (Wildman–Crippen LogP) is 0.429. The van der Waals surface area contributed by atoms with E-state index in [2.05, 4.69) is 12.0 Å². The van der Waals surface area contributed by atoms with Crippen molar-refractivity contribution in [1.29, 1.82) is 0 Å². The molecule has 16 heavy (non-hydrogen) atoms. The van der Waals surface area contributed by atoms with Crippen molar-refractivity contribution in [2.75, 3.05) is 23.8 Å². The van der Waals surface area contributed by atoms with Crippen LogP contribution in [0.15, 0.2) is 12.3 Å². The first kappa shape index (κ1) is 11.3. The van der Waals surface area contributed by atoms with Gasteiger partial charge in [-0.05, 0) is 13.0 Å². The lowest BCUT2D eigenvalue weighted by molar-refractivity contribution is -0.133. The number of anilines is 1. The van der Waals surface area contributed by atoms with Crippen molar-refractivity contribution < 1.29 is 4.79 Å². The van der Waals surface area contributed by atoms with Crippen LogP contribution in [0.25, 0.3) is 0 Å². The van der Waals surface area contributed by atoms with E-state index >= 15 is 0 Å². The van der Waals surface area contributed by atoms with Gasteiger partial charge in [0, 0.05) is 30.3 Å². The monoisotopic (exact) mass is 240 g/mol. The molecule has 0 aliphatic carbocycles. The van der Waals surface area contributed by atoms with Crippen LogP contribution < -0.4 is 5.73 Å². The Hall–Kier alpha value is -1.17. The van der Waals surface area contributed by atoms with E-state index < -0.39 is 0 Å². The summed E-state index contributed by atoms with van der Waals surface area (Å²) >= 11 is 1.90. The summed E-state index contributed by atoms with van der Waals surface area (Å²) in [7, 11) is 0. The van der Waals surface area contributed by atoms with E-state index in [0.29, 0.717) is 11.9 Å². The van der Waals surface area contributed by atoms with Crippen LogP contribution in [0.5, 0.6) is 0 Å². The van der Waals surface area contributed by atoms with Gasteiger partial charge in [-0.2, -0.15) is 16.9 Å². The van der Waals surface area contributed by atoms with Crippen molar-refractivity contribution >= 4 is 23.5 Å². The van der Waals surface area contributed by atoms with Crippen molar-refractivity contribution in [1.82, 2.24) is 14.7 Å². The lowest BCUT2D eigenvalue weighted by atomic mass is 10.3. The van der Waals surface area contributed by atoms with Crippen LogP contribution in [0.2, 0.25) is 0 Å². The molecule has 88 valence electrons. The first-order valence-electron chi connectivity index (χ1n) is 5.33. The van der Waals surface area contributed by atoms with Crippen LogP contribution >= 0.6 is 11.8 Å². The first-order valence-corrected chi connectivity index (χ1v) is 6.48. The normalized spacial score (nSPS) is 21.1. The second kappa shape index (κ2) is 4.78. The first-order chi connectivity index (χ1) is 7.66.